The van der Waals surface area contributed by atoms with Crippen molar-refractivity contribution in [2.24, 2.45) is 0 Å². The minimum atomic E-state index is 0.178. The van der Waals surface area contributed by atoms with Gasteiger partial charge in [-0.3, -0.25) is 4.98 Å². The molecule has 3 aromatic rings. The SMILES string of the molecule is c1ccc(-c2nc(N3CCC(OCc4ccncc4)C3)no2)cc1. The summed E-state index contributed by atoms with van der Waals surface area (Å²) >= 11 is 0. The molecule has 1 unspecified atom stereocenters. The molecule has 0 amide bonds. The molecule has 24 heavy (non-hydrogen) atoms. The highest BCUT2D eigenvalue weighted by Gasteiger charge is 2.26. The first-order valence-electron chi connectivity index (χ1n) is 8.03. The topological polar surface area (TPSA) is 64.3 Å². The highest BCUT2D eigenvalue weighted by Crippen LogP contribution is 2.23. The van der Waals surface area contributed by atoms with E-state index in [0.717, 1.165) is 30.6 Å². The van der Waals surface area contributed by atoms with Crippen molar-refractivity contribution >= 4 is 5.95 Å². The van der Waals surface area contributed by atoms with Crippen LogP contribution in [0.1, 0.15) is 12.0 Å². The third kappa shape index (κ3) is 3.28. The first-order chi connectivity index (χ1) is 11.9. The van der Waals surface area contributed by atoms with E-state index in [2.05, 4.69) is 20.0 Å². The largest absolute Gasteiger partial charge is 0.372 e. The molecule has 6 heteroatoms. The van der Waals surface area contributed by atoms with Crippen LogP contribution in [-0.4, -0.2) is 34.3 Å². The maximum atomic E-state index is 5.98. The maximum Gasteiger partial charge on any atom is 0.266 e. The summed E-state index contributed by atoms with van der Waals surface area (Å²) < 4.78 is 11.4. The molecule has 1 aliphatic heterocycles. The molecule has 1 atom stereocenters. The number of benzene rings is 1. The smallest absolute Gasteiger partial charge is 0.266 e. The number of rotatable bonds is 5. The van der Waals surface area contributed by atoms with Crippen LogP contribution < -0.4 is 4.90 Å². The van der Waals surface area contributed by atoms with Gasteiger partial charge in [-0.25, -0.2) is 0 Å². The summed E-state index contributed by atoms with van der Waals surface area (Å²) in [5, 5.41) is 4.10. The lowest BCUT2D eigenvalue weighted by Crippen LogP contribution is -2.23. The van der Waals surface area contributed by atoms with E-state index in [1.165, 1.54) is 0 Å². The Morgan fingerprint density at radius 1 is 1.12 bits per heavy atom. The minimum Gasteiger partial charge on any atom is -0.372 e. The van der Waals surface area contributed by atoms with Crippen LogP contribution in [0.15, 0.2) is 59.4 Å². The average Bonchev–Trinajstić information content (AvgIpc) is 3.31. The Balaban J connectivity index is 1.36. The fourth-order valence-corrected chi connectivity index (χ4v) is 2.78. The molecule has 0 aliphatic carbocycles. The van der Waals surface area contributed by atoms with E-state index in [-0.39, 0.29) is 6.10 Å². The van der Waals surface area contributed by atoms with Crippen molar-refractivity contribution in [3.8, 4) is 11.5 Å². The maximum absolute atomic E-state index is 5.98. The fourth-order valence-electron chi connectivity index (χ4n) is 2.78. The Kier molecular flexibility index (Phi) is 4.20. The minimum absolute atomic E-state index is 0.178. The summed E-state index contributed by atoms with van der Waals surface area (Å²) in [7, 11) is 0. The molecule has 1 fully saturated rings. The van der Waals surface area contributed by atoms with Crippen LogP contribution >= 0.6 is 0 Å². The molecule has 3 heterocycles. The number of aromatic nitrogens is 3. The Hall–Kier alpha value is -2.73. The lowest BCUT2D eigenvalue weighted by atomic mass is 10.2. The van der Waals surface area contributed by atoms with Gasteiger partial charge >= 0.3 is 0 Å². The van der Waals surface area contributed by atoms with Gasteiger partial charge in [-0.05, 0) is 41.4 Å². The lowest BCUT2D eigenvalue weighted by Gasteiger charge is -2.14. The van der Waals surface area contributed by atoms with Crippen molar-refractivity contribution in [3.05, 3.63) is 60.4 Å². The molecule has 0 radical (unpaired) electrons. The molecule has 1 aliphatic rings. The van der Waals surface area contributed by atoms with Gasteiger partial charge in [-0.15, -0.1) is 0 Å². The predicted molar refractivity (Wildman–Crippen MR) is 89.4 cm³/mol. The zero-order valence-corrected chi connectivity index (χ0v) is 13.2. The molecule has 6 nitrogen and oxygen atoms in total. The van der Waals surface area contributed by atoms with Gasteiger partial charge in [-0.2, -0.15) is 4.98 Å². The molecule has 2 aromatic heterocycles. The van der Waals surface area contributed by atoms with Crippen LogP contribution in [0.5, 0.6) is 0 Å². The van der Waals surface area contributed by atoms with Gasteiger partial charge < -0.3 is 14.2 Å². The van der Waals surface area contributed by atoms with Crippen molar-refractivity contribution in [1.82, 2.24) is 15.1 Å². The Morgan fingerprint density at radius 3 is 2.79 bits per heavy atom. The van der Waals surface area contributed by atoms with Gasteiger partial charge in [0.05, 0.1) is 12.7 Å². The van der Waals surface area contributed by atoms with Gasteiger partial charge in [0.2, 0.25) is 0 Å². The Morgan fingerprint density at radius 2 is 1.96 bits per heavy atom. The van der Waals surface area contributed by atoms with Crippen LogP contribution in [0, 0.1) is 0 Å². The van der Waals surface area contributed by atoms with Gasteiger partial charge in [-0.1, -0.05) is 18.2 Å². The summed E-state index contributed by atoms with van der Waals surface area (Å²) in [6, 6.07) is 13.7. The number of hydrogen-bond donors (Lipinski definition) is 0. The monoisotopic (exact) mass is 322 g/mol. The zero-order chi connectivity index (χ0) is 16.2. The van der Waals surface area contributed by atoms with Gasteiger partial charge in [0, 0.05) is 31.0 Å². The van der Waals surface area contributed by atoms with Crippen LogP contribution in [0.3, 0.4) is 0 Å². The van der Waals surface area contributed by atoms with Gasteiger partial charge in [0.15, 0.2) is 0 Å². The molecule has 0 bridgehead atoms. The molecule has 1 saturated heterocycles. The van der Waals surface area contributed by atoms with Crippen molar-refractivity contribution in [2.45, 2.75) is 19.1 Å². The van der Waals surface area contributed by atoms with E-state index < -0.39 is 0 Å². The number of nitrogens with zero attached hydrogens (tertiary/aromatic N) is 4. The number of pyridine rings is 1. The van der Waals surface area contributed by atoms with E-state index in [0.29, 0.717) is 18.4 Å². The average molecular weight is 322 g/mol. The molecule has 122 valence electrons. The van der Waals surface area contributed by atoms with E-state index >= 15 is 0 Å². The molecule has 4 rings (SSSR count). The van der Waals surface area contributed by atoms with E-state index in [1.807, 2.05) is 42.5 Å². The van der Waals surface area contributed by atoms with E-state index in [1.54, 1.807) is 12.4 Å². The molecular weight excluding hydrogens is 304 g/mol. The van der Waals surface area contributed by atoms with Crippen molar-refractivity contribution in [3.63, 3.8) is 0 Å². The molecule has 0 N–H and O–H groups in total. The first kappa shape index (κ1) is 14.8. The number of ether oxygens (including phenoxy) is 1. The number of hydrogen-bond acceptors (Lipinski definition) is 6. The van der Waals surface area contributed by atoms with Gasteiger partial charge in [0.1, 0.15) is 0 Å². The Bertz CT molecular complexity index is 776. The van der Waals surface area contributed by atoms with Gasteiger partial charge in [0.25, 0.3) is 11.8 Å². The fraction of sp³-hybridized carbons (Fsp3) is 0.278. The lowest BCUT2D eigenvalue weighted by molar-refractivity contribution is 0.0552. The van der Waals surface area contributed by atoms with Crippen molar-refractivity contribution < 1.29 is 9.26 Å². The third-order valence-corrected chi connectivity index (χ3v) is 4.10. The van der Waals surface area contributed by atoms with E-state index in [4.69, 9.17) is 9.26 Å². The van der Waals surface area contributed by atoms with E-state index in [9.17, 15) is 0 Å². The predicted octanol–water partition coefficient (Wildman–Crippen LogP) is 2.93. The second-order valence-electron chi connectivity index (χ2n) is 5.79. The number of anilines is 1. The second kappa shape index (κ2) is 6.80. The summed E-state index contributed by atoms with van der Waals surface area (Å²) in [4.78, 5) is 10.6. The molecule has 0 saturated carbocycles. The van der Waals surface area contributed by atoms with Crippen LogP contribution in [-0.2, 0) is 11.3 Å². The van der Waals surface area contributed by atoms with Crippen molar-refractivity contribution in [2.75, 3.05) is 18.0 Å². The normalized spacial score (nSPS) is 17.3. The quantitative estimate of drug-likeness (QED) is 0.719. The second-order valence-corrected chi connectivity index (χ2v) is 5.79. The Labute approximate surface area is 140 Å². The molecular formula is C18H18N4O2. The zero-order valence-electron chi connectivity index (χ0n) is 13.2. The summed E-state index contributed by atoms with van der Waals surface area (Å²) in [5.41, 5.74) is 2.07. The summed E-state index contributed by atoms with van der Waals surface area (Å²) in [6.07, 6.45) is 4.70. The third-order valence-electron chi connectivity index (χ3n) is 4.10. The highest BCUT2D eigenvalue weighted by atomic mass is 16.5. The molecule has 0 spiro atoms. The van der Waals surface area contributed by atoms with Crippen molar-refractivity contribution in [1.29, 1.82) is 0 Å². The van der Waals surface area contributed by atoms with Crippen LogP contribution in [0.2, 0.25) is 0 Å². The van der Waals surface area contributed by atoms with Crippen LogP contribution in [0.4, 0.5) is 5.95 Å². The molecule has 1 aromatic carbocycles. The highest BCUT2D eigenvalue weighted by molar-refractivity contribution is 5.54. The standard InChI is InChI=1S/C18H18N4O2/c1-2-4-15(5-3-1)17-20-18(21-24-17)22-11-8-16(12-22)23-13-14-6-9-19-10-7-14/h1-7,9-10,16H,8,11-13H2. The summed E-state index contributed by atoms with van der Waals surface area (Å²) in [6.45, 7) is 2.25. The summed E-state index contributed by atoms with van der Waals surface area (Å²) in [5.74, 6) is 1.18. The van der Waals surface area contributed by atoms with Crippen LogP contribution in [0.25, 0.3) is 11.5 Å². The first-order valence-corrected chi connectivity index (χ1v) is 8.03.